The largest absolute Gasteiger partial charge is 0.465 e. The monoisotopic (exact) mass is 290 g/mol. The van der Waals surface area contributed by atoms with Gasteiger partial charge in [0.25, 0.3) is 0 Å². The molecule has 5 nitrogen and oxygen atoms in total. The Balaban J connectivity index is 1.99. The van der Waals surface area contributed by atoms with Gasteiger partial charge in [0.2, 0.25) is 5.91 Å². The Morgan fingerprint density at radius 3 is 2.85 bits per heavy atom. The SMILES string of the molecule is COC(=O)c1ccccc1NC(=O)CCc1cscn1. The van der Waals surface area contributed by atoms with E-state index in [1.54, 1.807) is 29.8 Å². The third-order valence-corrected chi connectivity index (χ3v) is 3.33. The Morgan fingerprint density at radius 1 is 1.35 bits per heavy atom. The number of anilines is 1. The molecule has 0 spiro atoms. The summed E-state index contributed by atoms with van der Waals surface area (Å²) < 4.78 is 4.68. The maximum absolute atomic E-state index is 11.9. The molecule has 1 N–H and O–H groups in total. The Labute approximate surface area is 120 Å². The third-order valence-electron chi connectivity index (χ3n) is 2.70. The molecule has 104 valence electrons. The average Bonchev–Trinajstić information content (AvgIpc) is 2.98. The number of para-hydroxylation sites is 1. The summed E-state index contributed by atoms with van der Waals surface area (Å²) in [6.45, 7) is 0. The van der Waals surface area contributed by atoms with Gasteiger partial charge < -0.3 is 10.1 Å². The number of hydrogen-bond acceptors (Lipinski definition) is 5. The number of aryl methyl sites for hydroxylation is 1. The summed E-state index contributed by atoms with van der Waals surface area (Å²) >= 11 is 1.50. The van der Waals surface area contributed by atoms with Gasteiger partial charge in [0.15, 0.2) is 0 Å². The second-order valence-corrected chi connectivity index (χ2v) is 4.78. The lowest BCUT2D eigenvalue weighted by Crippen LogP contribution is -2.15. The molecule has 0 bridgehead atoms. The number of ether oxygens (including phenoxy) is 1. The molecule has 20 heavy (non-hydrogen) atoms. The Bertz CT molecular complexity index is 596. The molecule has 0 aliphatic carbocycles. The Kier molecular flexibility index (Phi) is 4.84. The van der Waals surface area contributed by atoms with Crippen LogP contribution in [0.25, 0.3) is 0 Å². The number of nitrogens with zero attached hydrogens (tertiary/aromatic N) is 1. The lowest BCUT2D eigenvalue weighted by Gasteiger charge is -2.09. The third kappa shape index (κ3) is 3.64. The number of esters is 1. The molecular weight excluding hydrogens is 276 g/mol. The first-order chi connectivity index (χ1) is 9.70. The second kappa shape index (κ2) is 6.81. The van der Waals surface area contributed by atoms with Gasteiger partial charge in [-0.05, 0) is 18.6 Å². The van der Waals surface area contributed by atoms with Crippen LogP contribution in [0.15, 0.2) is 35.2 Å². The van der Waals surface area contributed by atoms with Crippen molar-refractivity contribution in [3.05, 3.63) is 46.4 Å². The normalized spacial score (nSPS) is 10.1. The van der Waals surface area contributed by atoms with E-state index >= 15 is 0 Å². The van der Waals surface area contributed by atoms with Crippen molar-refractivity contribution in [2.75, 3.05) is 12.4 Å². The van der Waals surface area contributed by atoms with Gasteiger partial charge in [-0.3, -0.25) is 4.79 Å². The molecular formula is C14H14N2O3S. The molecule has 0 unspecified atom stereocenters. The van der Waals surface area contributed by atoms with E-state index in [9.17, 15) is 9.59 Å². The maximum Gasteiger partial charge on any atom is 0.339 e. The summed E-state index contributed by atoms with van der Waals surface area (Å²) in [7, 11) is 1.31. The smallest absolute Gasteiger partial charge is 0.339 e. The van der Waals surface area contributed by atoms with E-state index in [0.29, 0.717) is 24.1 Å². The number of hydrogen-bond donors (Lipinski definition) is 1. The van der Waals surface area contributed by atoms with Gasteiger partial charge in [-0.25, -0.2) is 9.78 Å². The fourth-order valence-corrected chi connectivity index (χ4v) is 2.29. The minimum absolute atomic E-state index is 0.158. The van der Waals surface area contributed by atoms with Gasteiger partial charge in [-0.1, -0.05) is 12.1 Å². The van der Waals surface area contributed by atoms with Crippen molar-refractivity contribution in [3.63, 3.8) is 0 Å². The molecule has 2 aromatic rings. The number of carbonyl (C=O) groups excluding carboxylic acids is 2. The number of carbonyl (C=O) groups is 2. The molecule has 0 saturated heterocycles. The van der Waals surface area contributed by atoms with Crippen LogP contribution in [0.1, 0.15) is 22.5 Å². The molecule has 1 amide bonds. The van der Waals surface area contributed by atoms with Gasteiger partial charge >= 0.3 is 5.97 Å². The number of benzene rings is 1. The number of nitrogens with one attached hydrogen (secondary N) is 1. The quantitative estimate of drug-likeness (QED) is 0.859. The summed E-state index contributed by atoms with van der Waals surface area (Å²) in [5.41, 5.74) is 3.44. The lowest BCUT2D eigenvalue weighted by molar-refractivity contribution is -0.116. The van der Waals surface area contributed by atoms with Crippen LogP contribution in [0.5, 0.6) is 0 Å². The van der Waals surface area contributed by atoms with E-state index in [0.717, 1.165) is 5.69 Å². The molecule has 0 atom stereocenters. The van der Waals surface area contributed by atoms with Crippen LogP contribution < -0.4 is 5.32 Å². The van der Waals surface area contributed by atoms with Crippen molar-refractivity contribution in [1.82, 2.24) is 4.98 Å². The predicted octanol–water partition coefficient (Wildman–Crippen LogP) is 2.50. The van der Waals surface area contributed by atoms with Crippen molar-refractivity contribution in [1.29, 1.82) is 0 Å². The number of methoxy groups -OCH3 is 1. The minimum atomic E-state index is -0.472. The molecule has 6 heteroatoms. The van der Waals surface area contributed by atoms with E-state index in [1.807, 2.05) is 5.38 Å². The van der Waals surface area contributed by atoms with Gasteiger partial charge in [-0.15, -0.1) is 11.3 Å². The number of rotatable bonds is 5. The van der Waals surface area contributed by atoms with E-state index in [4.69, 9.17) is 0 Å². The summed E-state index contributed by atoms with van der Waals surface area (Å²) in [6, 6.07) is 6.76. The van der Waals surface area contributed by atoms with Crippen LogP contribution >= 0.6 is 11.3 Å². The van der Waals surface area contributed by atoms with Gasteiger partial charge in [0.05, 0.1) is 29.6 Å². The van der Waals surface area contributed by atoms with Gasteiger partial charge in [0, 0.05) is 11.8 Å². The summed E-state index contributed by atoms with van der Waals surface area (Å²) in [4.78, 5) is 27.6. The second-order valence-electron chi connectivity index (χ2n) is 4.07. The summed E-state index contributed by atoms with van der Waals surface area (Å²) in [5.74, 6) is -0.630. The highest BCUT2D eigenvalue weighted by atomic mass is 32.1. The zero-order chi connectivity index (χ0) is 14.4. The molecule has 1 aromatic heterocycles. The number of aromatic nitrogens is 1. The molecule has 0 saturated carbocycles. The first-order valence-corrected chi connectivity index (χ1v) is 6.99. The molecule has 1 aromatic carbocycles. The van der Waals surface area contributed by atoms with Crippen LogP contribution in [0, 0.1) is 0 Å². The molecule has 0 aliphatic heterocycles. The number of thiazole rings is 1. The van der Waals surface area contributed by atoms with Crippen molar-refractivity contribution >= 4 is 28.9 Å². The standard InChI is InChI=1S/C14H14N2O3S/c1-19-14(18)11-4-2-3-5-12(11)16-13(17)7-6-10-8-20-9-15-10/h2-5,8-9H,6-7H2,1H3,(H,16,17). The lowest BCUT2D eigenvalue weighted by atomic mass is 10.1. The molecule has 2 rings (SSSR count). The molecule has 0 radical (unpaired) electrons. The Hall–Kier alpha value is -2.21. The van der Waals surface area contributed by atoms with Crippen LogP contribution in [0.4, 0.5) is 5.69 Å². The van der Waals surface area contributed by atoms with E-state index in [-0.39, 0.29) is 5.91 Å². The highest BCUT2D eigenvalue weighted by Crippen LogP contribution is 2.16. The van der Waals surface area contributed by atoms with E-state index in [1.165, 1.54) is 18.4 Å². The summed E-state index contributed by atoms with van der Waals surface area (Å²) in [6.07, 6.45) is 0.898. The first kappa shape index (κ1) is 14.2. The van der Waals surface area contributed by atoms with E-state index < -0.39 is 5.97 Å². The van der Waals surface area contributed by atoms with Crippen LogP contribution in [0.3, 0.4) is 0 Å². The van der Waals surface area contributed by atoms with Crippen molar-refractivity contribution in [3.8, 4) is 0 Å². The predicted molar refractivity (Wildman–Crippen MR) is 76.8 cm³/mol. The van der Waals surface area contributed by atoms with Crippen LogP contribution in [-0.4, -0.2) is 24.0 Å². The van der Waals surface area contributed by atoms with E-state index in [2.05, 4.69) is 15.0 Å². The Morgan fingerprint density at radius 2 is 2.15 bits per heavy atom. The fraction of sp³-hybridized carbons (Fsp3) is 0.214. The number of amides is 1. The van der Waals surface area contributed by atoms with Crippen molar-refractivity contribution in [2.24, 2.45) is 0 Å². The maximum atomic E-state index is 11.9. The minimum Gasteiger partial charge on any atom is -0.465 e. The van der Waals surface area contributed by atoms with Crippen molar-refractivity contribution < 1.29 is 14.3 Å². The van der Waals surface area contributed by atoms with Gasteiger partial charge in [0.1, 0.15) is 0 Å². The van der Waals surface area contributed by atoms with Crippen LogP contribution in [0.2, 0.25) is 0 Å². The summed E-state index contributed by atoms with van der Waals surface area (Å²) in [5, 5.41) is 4.64. The highest BCUT2D eigenvalue weighted by molar-refractivity contribution is 7.07. The van der Waals surface area contributed by atoms with Crippen LogP contribution in [-0.2, 0) is 16.0 Å². The zero-order valence-corrected chi connectivity index (χ0v) is 11.8. The molecule has 0 aliphatic rings. The molecule has 1 heterocycles. The first-order valence-electron chi connectivity index (χ1n) is 6.05. The fourth-order valence-electron chi connectivity index (χ4n) is 1.70. The average molecular weight is 290 g/mol. The van der Waals surface area contributed by atoms with Crippen molar-refractivity contribution in [2.45, 2.75) is 12.8 Å². The highest BCUT2D eigenvalue weighted by Gasteiger charge is 2.13. The van der Waals surface area contributed by atoms with Gasteiger partial charge in [-0.2, -0.15) is 0 Å². The molecule has 0 fully saturated rings. The topological polar surface area (TPSA) is 68.3 Å². The zero-order valence-electron chi connectivity index (χ0n) is 11.0.